The van der Waals surface area contributed by atoms with Gasteiger partial charge in [0.05, 0.1) is 23.8 Å². The van der Waals surface area contributed by atoms with Gasteiger partial charge in [-0.05, 0) is 24.8 Å². The lowest BCUT2D eigenvalue weighted by atomic mass is 10.1. The summed E-state index contributed by atoms with van der Waals surface area (Å²) in [4.78, 5) is 31.4. The molecule has 0 saturated heterocycles. The third kappa shape index (κ3) is 4.92. The van der Waals surface area contributed by atoms with Crippen LogP contribution >= 0.6 is 11.8 Å². The van der Waals surface area contributed by atoms with Gasteiger partial charge in [-0.15, -0.1) is 0 Å². The fourth-order valence-corrected chi connectivity index (χ4v) is 3.36. The second-order valence-corrected chi connectivity index (χ2v) is 7.49. The molecule has 3 aromatic rings. The summed E-state index contributed by atoms with van der Waals surface area (Å²) in [5, 5.41) is 4.70. The maximum absolute atomic E-state index is 13.0. The van der Waals surface area contributed by atoms with E-state index < -0.39 is 0 Å². The lowest BCUT2D eigenvalue weighted by Gasteiger charge is -2.20. The van der Waals surface area contributed by atoms with Gasteiger partial charge < -0.3 is 0 Å². The number of anilines is 1. The van der Waals surface area contributed by atoms with Crippen LogP contribution in [0.25, 0.3) is 16.9 Å². The van der Waals surface area contributed by atoms with Crippen molar-refractivity contribution < 1.29 is 9.59 Å². The van der Waals surface area contributed by atoms with E-state index in [9.17, 15) is 9.59 Å². The van der Waals surface area contributed by atoms with Crippen molar-refractivity contribution in [2.45, 2.75) is 26.2 Å². The van der Waals surface area contributed by atoms with Crippen LogP contribution in [0.4, 0.5) is 5.69 Å². The summed E-state index contributed by atoms with van der Waals surface area (Å²) in [7, 11) is 0. The minimum Gasteiger partial charge on any atom is -0.274 e. The van der Waals surface area contributed by atoms with Gasteiger partial charge in [0.25, 0.3) is 0 Å². The normalized spacial score (nSPS) is 10.7. The number of imide groups is 1. The van der Waals surface area contributed by atoms with Crippen LogP contribution in [0.1, 0.15) is 26.2 Å². The Labute approximate surface area is 174 Å². The summed E-state index contributed by atoms with van der Waals surface area (Å²) in [5.74, 6) is 0.244. The quantitative estimate of drug-likeness (QED) is 0.554. The summed E-state index contributed by atoms with van der Waals surface area (Å²) >= 11 is 1.58. The molecule has 0 saturated carbocycles. The zero-order valence-electron chi connectivity index (χ0n) is 16.6. The van der Waals surface area contributed by atoms with Crippen LogP contribution in [-0.4, -0.2) is 38.6 Å². The summed E-state index contributed by atoms with van der Waals surface area (Å²) in [6.07, 6.45) is 8.34. The van der Waals surface area contributed by atoms with E-state index in [0.29, 0.717) is 36.4 Å². The van der Waals surface area contributed by atoms with Crippen LogP contribution in [0.5, 0.6) is 0 Å². The smallest absolute Gasteiger partial charge is 0.234 e. The van der Waals surface area contributed by atoms with Crippen molar-refractivity contribution in [3.05, 3.63) is 61.1 Å². The Bertz CT molecular complexity index is 957. The minimum absolute atomic E-state index is 0.207. The molecule has 3 rings (SSSR count). The highest BCUT2D eigenvalue weighted by atomic mass is 32.2. The van der Waals surface area contributed by atoms with Crippen LogP contribution in [0, 0.1) is 0 Å². The lowest BCUT2D eigenvalue weighted by molar-refractivity contribution is -0.126. The number of thioether (sulfide) groups is 1. The van der Waals surface area contributed by atoms with Gasteiger partial charge in [-0.1, -0.05) is 37.3 Å². The SMILES string of the molecule is CCCC(=O)N(C(=O)CCSC)c1cn(-c2cccnc2)nc1-c1ccccc1. The molecule has 0 radical (unpaired) electrons. The highest BCUT2D eigenvalue weighted by molar-refractivity contribution is 7.98. The number of hydrogen-bond acceptors (Lipinski definition) is 5. The predicted octanol–water partition coefficient (Wildman–Crippen LogP) is 4.35. The van der Waals surface area contributed by atoms with E-state index in [4.69, 9.17) is 5.10 Å². The van der Waals surface area contributed by atoms with Gasteiger partial charge in [-0.3, -0.25) is 14.6 Å². The first kappa shape index (κ1) is 20.8. The zero-order chi connectivity index (χ0) is 20.6. The Kier molecular flexibility index (Phi) is 7.19. The molecule has 0 unspecified atom stereocenters. The largest absolute Gasteiger partial charge is 0.274 e. The van der Waals surface area contributed by atoms with Crippen LogP contribution in [-0.2, 0) is 9.59 Å². The van der Waals surface area contributed by atoms with Gasteiger partial charge in [-0.2, -0.15) is 16.9 Å². The molecule has 1 aromatic carbocycles. The van der Waals surface area contributed by atoms with Crippen molar-refractivity contribution in [3.8, 4) is 16.9 Å². The topological polar surface area (TPSA) is 68.1 Å². The fourth-order valence-electron chi connectivity index (χ4n) is 2.99. The standard InChI is InChI=1S/C22H24N4O2S/c1-3-8-20(27)26(21(28)12-14-29-2)19-16-25(18-11-7-13-23-15-18)24-22(19)17-9-5-4-6-10-17/h4-7,9-11,13,15-16H,3,8,12,14H2,1-2H3. The van der Waals surface area contributed by atoms with E-state index >= 15 is 0 Å². The number of hydrogen-bond donors (Lipinski definition) is 0. The third-order valence-corrected chi connectivity index (χ3v) is 4.99. The van der Waals surface area contributed by atoms with E-state index in [1.807, 2.05) is 55.6 Å². The monoisotopic (exact) mass is 408 g/mol. The zero-order valence-corrected chi connectivity index (χ0v) is 17.4. The summed E-state index contributed by atoms with van der Waals surface area (Å²) in [6, 6.07) is 13.3. The van der Waals surface area contributed by atoms with Crippen molar-refractivity contribution >= 4 is 29.3 Å². The molecule has 0 atom stereocenters. The van der Waals surface area contributed by atoms with Crippen LogP contribution < -0.4 is 4.90 Å². The van der Waals surface area contributed by atoms with Gasteiger partial charge in [0.1, 0.15) is 5.69 Å². The Morgan fingerprint density at radius 3 is 2.48 bits per heavy atom. The summed E-state index contributed by atoms with van der Waals surface area (Å²) in [5.41, 5.74) is 2.70. The molecule has 2 heterocycles. The molecule has 0 fully saturated rings. The molecular formula is C22H24N4O2S. The molecule has 0 N–H and O–H groups in total. The third-order valence-electron chi connectivity index (χ3n) is 4.38. The number of benzene rings is 1. The Balaban J connectivity index is 2.13. The second-order valence-electron chi connectivity index (χ2n) is 6.50. The van der Waals surface area contributed by atoms with Crippen LogP contribution in [0.15, 0.2) is 61.1 Å². The number of amides is 2. The fraction of sp³-hybridized carbons (Fsp3) is 0.273. The van der Waals surface area contributed by atoms with E-state index in [-0.39, 0.29) is 11.8 Å². The number of nitrogens with zero attached hydrogens (tertiary/aromatic N) is 4. The van der Waals surface area contributed by atoms with Crippen molar-refractivity contribution in [1.82, 2.24) is 14.8 Å². The second kappa shape index (κ2) is 10.0. The molecule has 6 nitrogen and oxygen atoms in total. The molecule has 2 aromatic heterocycles. The first-order valence-electron chi connectivity index (χ1n) is 9.56. The molecule has 2 amide bonds. The van der Waals surface area contributed by atoms with E-state index in [0.717, 1.165) is 11.3 Å². The number of pyridine rings is 1. The lowest BCUT2D eigenvalue weighted by Crippen LogP contribution is -2.37. The van der Waals surface area contributed by atoms with Crippen molar-refractivity contribution in [1.29, 1.82) is 0 Å². The number of rotatable bonds is 8. The van der Waals surface area contributed by atoms with Gasteiger partial charge in [0.2, 0.25) is 11.8 Å². The van der Waals surface area contributed by atoms with Crippen LogP contribution in [0.2, 0.25) is 0 Å². The number of aromatic nitrogens is 3. The van der Waals surface area contributed by atoms with Crippen LogP contribution in [0.3, 0.4) is 0 Å². The molecule has 0 aliphatic rings. The van der Waals surface area contributed by atoms with Gasteiger partial charge in [0, 0.05) is 30.4 Å². The molecule has 29 heavy (non-hydrogen) atoms. The van der Waals surface area contributed by atoms with Gasteiger partial charge in [-0.25, -0.2) is 9.58 Å². The molecule has 0 aliphatic heterocycles. The first-order chi connectivity index (χ1) is 14.2. The van der Waals surface area contributed by atoms with Gasteiger partial charge in [0.15, 0.2) is 0 Å². The number of carbonyl (C=O) groups excluding carboxylic acids is 2. The average Bonchev–Trinajstić information content (AvgIpc) is 3.19. The highest BCUT2D eigenvalue weighted by Crippen LogP contribution is 2.32. The Morgan fingerprint density at radius 1 is 1.07 bits per heavy atom. The molecule has 0 aliphatic carbocycles. The Hall–Kier alpha value is -2.93. The van der Waals surface area contributed by atoms with Crippen molar-refractivity contribution in [2.75, 3.05) is 16.9 Å². The molecular weight excluding hydrogens is 384 g/mol. The molecule has 0 bridgehead atoms. The van der Waals surface area contributed by atoms with E-state index in [1.165, 1.54) is 4.90 Å². The molecule has 7 heteroatoms. The minimum atomic E-state index is -0.208. The predicted molar refractivity (Wildman–Crippen MR) is 117 cm³/mol. The first-order valence-corrected chi connectivity index (χ1v) is 10.9. The number of carbonyl (C=O) groups is 2. The van der Waals surface area contributed by atoms with Gasteiger partial charge >= 0.3 is 0 Å². The molecule has 150 valence electrons. The Morgan fingerprint density at radius 2 is 1.83 bits per heavy atom. The van der Waals surface area contributed by atoms with Crippen molar-refractivity contribution in [3.63, 3.8) is 0 Å². The maximum Gasteiger partial charge on any atom is 0.234 e. The van der Waals surface area contributed by atoms with E-state index in [2.05, 4.69) is 4.98 Å². The van der Waals surface area contributed by atoms with Crippen molar-refractivity contribution in [2.24, 2.45) is 0 Å². The average molecular weight is 409 g/mol. The summed E-state index contributed by atoms with van der Waals surface area (Å²) < 4.78 is 1.67. The maximum atomic E-state index is 13.0. The highest BCUT2D eigenvalue weighted by Gasteiger charge is 2.28. The summed E-state index contributed by atoms with van der Waals surface area (Å²) in [6.45, 7) is 1.93. The molecule has 0 spiro atoms. The van der Waals surface area contributed by atoms with E-state index in [1.54, 1.807) is 35.0 Å².